The quantitative estimate of drug-likeness (QED) is 0.331. The standard InChI is InChI=1S/C25H34N4O2S.2ClH/c1-28(2)15-21-23(30-17-19-3-4-19)8-6-20-22(27-31-25(20)21)7-5-18-9-12-29(13-10-18)16-24-26-11-14-32-24;;/h6,8,11,14,18-19H,3-5,7,9-10,12-13,15-17H2,1-2H3;2*1H. The van der Waals surface area contributed by atoms with Crippen molar-refractivity contribution in [2.75, 3.05) is 33.8 Å². The molecule has 34 heavy (non-hydrogen) atoms. The molecule has 3 aromatic rings. The molecule has 9 heteroatoms. The Morgan fingerprint density at radius 3 is 2.59 bits per heavy atom. The van der Waals surface area contributed by atoms with Gasteiger partial charge in [-0.3, -0.25) is 4.90 Å². The lowest BCUT2D eigenvalue weighted by molar-refractivity contribution is 0.172. The lowest BCUT2D eigenvalue weighted by Crippen LogP contribution is -2.33. The van der Waals surface area contributed by atoms with Crippen molar-refractivity contribution in [1.29, 1.82) is 0 Å². The number of nitrogens with zero attached hydrogens (tertiary/aromatic N) is 4. The summed E-state index contributed by atoms with van der Waals surface area (Å²) in [6.07, 6.45) is 9.16. The zero-order valence-corrected chi connectivity index (χ0v) is 22.5. The first kappa shape index (κ1) is 27.2. The van der Waals surface area contributed by atoms with Crippen molar-refractivity contribution in [3.63, 3.8) is 0 Å². The van der Waals surface area contributed by atoms with E-state index in [4.69, 9.17) is 9.26 Å². The summed E-state index contributed by atoms with van der Waals surface area (Å²) in [6.45, 7) is 4.94. The minimum absolute atomic E-state index is 0. The number of likely N-dealkylation sites (tertiary alicyclic amines) is 1. The highest BCUT2D eigenvalue weighted by Crippen LogP contribution is 2.35. The first-order chi connectivity index (χ1) is 15.7. The van der Waals surface area contributed by atoms with Crippen molar-refractivity contribution in [2.24, 2.45) is 11.8 Å². The van der Waals surface area contributed by atoms with E-state index in [0.29, 0.717) is 0 Å². The minimum atomic E-state index is 0. The molecule has 0 radical (unpaired) electrons. The van der Waals surface area contributed by atoms with Crippen LogP contribution in [-0.4, -0.2) is 53.7 Å². The maximum absolute atomic E-state index is 6.16. The highest BCUT2D eigenvalue weighted by Gasteiger charge is 2.24. The van der Waals surface area contributed by atoms with E-state index in [2.05, 4.69) is 51.5 Å². The summed E-state index contributed by atoms with van der Waals surface area (Å²) < 4.78 is 12.0. The van der Waals surface area contributed by atoms with Gasteiger partial charge in [-0.25, -0.2) is 4.98 Å². The minimum Gasteiger partial charge on any atom is -0.493 e. The molecule has 1 saturated carbocycles. The van der Waals surface area contributed by atoms with Gasteiger partial charge in [-0.2, -0.15) is 0 Å². The van der Waals surface area contributed by atoms with E-state index in [-0.39, 0.29) is 24.8 Å². The summed E-state index contributed by atoms with van der Waals surface area (Å²) in [5.74, 6) is 2.45. The topological polar surface area (TPSA) is 54.6 Å². The predicted octanol–water partition coefficient (Wildman–Crippen LogP) is 5.82. The third kappa shape index (κ3) is 6.85. The zero-order chi connectivity index (χ0) is 21.9. The van der Waals surface area contributed by atoms with Crippen molar-refractivity contribution in [3.05, 3.63) is 40.0 Å². The Labute approximate surface area is 218 Å². The van der Waals surface area contributed by atoms with Gasteiger partial charge in [0.2, 0.25) is 0 Å². The average molecular weight is 528 g/mol. The molecule has 0 spiro atoms. The smallest absolute Gasteiger partial charge is 0.175 e. The van der Waals surface area contributed by atoms with Crippen molar-refractivity contribution in [3.8, 4) is 5.75 Å². The van der Waals surface area contributed by atoms with E-state index in [9.17, 15) is 0 Å². The highest BCUT2D eigenvalue weighted by atomic mass is 35.5. The van der Waals surface area contributed by atoms with Crippen LogP contribution in [0.2, 0.25) is 0 Å². The number of halogens is 2. The molecule has 2 aromatic heterocycles. The number of aryl methyl sites for hydroxylation is 1. The van der Waals surface area contributed by atoms with Crippen LogP contribution < -0.4 is 4.74 Å². The van der Waals surface area contributed by atoms with E-state index in [1.165, 1.54) is 50.2 Å². The summed E-state index contributed by atoms with van der Waals surface area (Å²) in [4.78, 5) is 9.14. The number of rotatable bonds is 10. The lowest BCUT2D eigenvalue weighted by Gasteiger charge is -2.31. The van der Waals surface area contributed by atoms with Gasteiger partial charge in [0.05, 0.1) is 24.4 Å². The maximum atomic E-state index is 6.16. The van der Waals surface area contributed by atoms with Crippen LogP contribution in [0.1, 0.15) is 48.4 Å². The van der Waals surface area contributed by atoms with Crippen LogP contribution in [0.25, 0.3) is 11.0 Å². The number of hydrogen-bond donors (Lipinski definition) is 0. The molecule has 2 fully saturated rings. The van der Waals surface area contributed by atoms with Gasteiger partial charge >= 0.3 is 0 Å². The molecule has 0 N–H and O–H groups in total. The Balaban J connectivity index is 0.00000162. The fourth-order valence-corrected chi connectivity index (χ4v) is 5.32. The number of aromatic nitrogens is 2. The third-order valence-electron chi connectivity index (χ3n) is 6.76. The summed E-state index contributed by atoms with van der Waals surface area (Å²) in [5.41, 5.74) is 3.13. The van der Waals surface area contributed by atoms with Gasteiger partial charge in [0.25, 0.3) is 0 Å². The molecule has 1 aliphatic heterocycles. The first-order valence-electron chi connectivity index (χ1n) is 11.9. The Bertz CT molecular complexity index is 1020. The van der Waals surface area contributed by atoms with Gasteiger partial charge in [0.1, 0.15) is 10.8 Å². The van der Waals surface area contributed by atoms with Crippen LogP contribution >= 0.6 is 36.2 Å². The van der Waals surface area contributed by atoms with Gasteiger partial charge in [0, 0.05) is 23.5 Å². The van der Waals surface area contributed by atoms with E-state index >= 15 is 0 Å². The largest absolute Gasteiger partial charge is 0.493 e. The Kier molecular flexibility index (Phi) is 10.0. The summed E-state index contributed by atoms with van der Waals surface area (Å²) in [6, 6.07) is 4.28. The van der Waals surface area contributed by atoms with Crippen molar-refractivity contribution >= 4 is 47.1 Å². The molecular weight excluding hydrogens is 491 g/mol. The van der Waals surface area contributed by atoms with E-state index in [1.54, 1.807) is 11.3 Å². The zero-order valence-electron chi connectivity index (χ0n) is 20.1. The number of benzene rings is 1. The lowest BCUT2D eigenvalue weighted by atomic mass is 9.91. The highest BCUT2D eigenvalue weighted by molar-refractivity contribution is 7.09. The molecule has 3 heterocycles. The van der Waals surface area contributed by atoms with Crippen molar-refractivity contribution in [1.82, 2.24) is 19.9 Å². The fraction of sp³-hybridized carbons (Fsp3) is 0.600. The second kappa shape index (κ2) is 12.5. The molecule has 1 aliphatic carbocycles. The predicted molar refractivity (Wildman–Crippen MR) is 143 cm³/mol. The molecule has 2 aliphatic rings. The molecule has 6 nitrogen and oxygen atoms in total. The number of piperidine rings is 1. The van der Waals surface area contributed by atoms with Gasteiger partial charge in [0.15, 0.2) is 5.58 Å². The van der Waals surface area contributed by atoms with Gasteiger partial charge < -0.3 is 14.2 Å². The van der Waals surface area contributed by atoms with Gasteiger partial charge in [-0.05, 0) is 89.7 Å². The SMILES string of the molecule is CN(C)Cc1c(OCC2CC2)ccc2c(CCC3CCN(Cc4nccs4)CC3)noc12.Cl.Cl. The van der Waals surface area contributed by atoms with Crippen LogP contribution in [0.3, 0.4) is 0 Å². The number of hydrogen-bond acceptors (Lipinski definition) is 7. The van der Waals surface area contributed by atoms with Gasteiger partial charge in [-0.15, -0.1) is 36.2 Å². The molecule has 0 amide bonds. The Morgan fingerprint density at radius 2 is 1.91 bits per heavy atom. The van der Waals surface area contributed by atoms with Gasteiger partial charge in [-0.1, -0.05) is 5.16 Å². The first-order valence-corrected chi connectivity index (χ1v) is 12.8. The molecule has 0 bridgehead atoms. The fourth-order valence-electron chi connectivity index (χ4n) is 4.66. The number of fused-ring (bicyclic) bond motifs is 1. The van der Waals surface area contributed by atoms with Crippen molar-refractivity contribution in [2.45, 2.75) is 51.6 Å². The van der Waals surface area contributed by atoms with Crippen LogP contribution in [0.15, 0.2) is 28.2 Å². The van der Waals surface area contributed by atoms with E-state index in [0.717, 1.165) is 65.9 Å². The van der Waals surface area contributed by atoms with Crippen LogP contribution in [-0.2, 0) is 19.5 Å². The van der Waals surface area contributed by atoms with Crippen LogP contribution in [0.4, 0.5) is 0 Å². The second-order valence-corrected chi connectivity index (χ2v) is 10.7. The molecule has 5 rings (SSSR count). The Hall–Kier alpha value is -1.38. The normalized spacial score (nSPS) is 17.0. The molecule has 188 valence electrons. The number of thiazole rings is 1. The summed E-state index contributed by atoms with van der Waals surface area (Å²) in [7, 11) is 4.17. The molecule has 0 atom stereocenters. The van der Waals surface area contributed by atoms with Crippen LogP contribution in [0.5, 0.6) is 5.75 Å². The second-order valence-electron chi connectivity index (χ2n) is 9.72. The molecule has 1 aromatic carbocycles. The Morgan fingerprint density at radius 1 is 1.12 bits per heavy atom. The van der Waals surface area contributed by atoms with E-state index in [1.807, 2.05) is 6.20 Å². The number of ether oxygens (including phenoxy) is 1. The third-order valence-corrected chi connectivity index (χ3v) is 7.52. The molecule has 1 saturated heterocycles. The maximum Gasteiger partial charge on any atom is 0.175 e. The van der Waals surface area contributed by atoms with Crippen LogP contribution in [0, 0.1) is 11.8 Å². The van der Waals surface area contributed by atoms with E-state index < -0.39 is 0 Å². The molecule has 0 unspecified atom stereocenters. The summed E-state index contributed by atoms with van der Waals surface area (Å²) >= 11 is 1.76. The monoisotopic (exact) mass is 526 g/mol. The average Bonchev–Trinajstić information content (AvgIpc) is 3.30. The van der Waals surface area contributed by atoms with Crippen molar-refractivity contribution < 1.29 is 9.26 Å². The summed E-state index contributed by atoms with van der Waals surface area (Å²) in [5, 5.41) is 8.94. The molecular formula is C25H36Cl2N4O2S.